The molecule has 2 atom stereocenters. The predicted molar refractivity (Wildman–Crippen MR) is 101 cm³/mol. The molecule has 3 N–H and O–H groups in total. The van der Waals surface area contributed by atoms with Gasteiger partial charge in [-0.1, -0.05) is 51.1 Å². The van der Waals surface area contributed by atoms with Gasteiger partial charge in [-0.05, 0) is 24.8 Å². The number of rotatable bonds is 8. The van der Waals surface area contributed by atoms with Gasteiger partial charge in [-0.2, -0.15) is 0 Å². The fourth-order valence-corrected chi connectivity index (χ4v) is 3.21. The van der Waals surface area contributed by atoms with Crippen LogP contribution in [0.2, 0.25) is 0 Å². The number of hydrogen-bond acceptors (Lipinski definition) is 4. The van der Waals surface area contributed by atoms with E-state index >= 15 is 0 Å². The van der Waals surface area contributed by atoms with Crippen LogP contribution in [0.15, 0.2) is 41.6 Å². The largest absolute Gasteiger partial charge is 0.463 e. The van der Waals surface area contributed by atoms with Crippen LogP contribution >= 0.6 is 0 Å². The standard InChI is InChI=1S/C20H29N3O3/c1-5-15-17(19(24)26-6-2)16(23-20(25)22-15)12-21-18(13(3)4)14-10-8-7-9-11-14/h7-11,13,15,18,21H,5-6,12H2,1-4H3,(H2,22,23,25)/t15-,18-/m1/s1. The van der Waals surface area contributed by atoms with E-state index in [2.05, 4.69) is 41.9 Å². The lowest BCUT2D eigenvalue weighted by Crippen LogP contribution is -2.52. The molecule has 0 unspecified atom stereocenters. The van der Waals surface area contributed by atoms with Crippen molar-refractivity contribution in [1.29, 1.82) is 0 Å². The van der Waals surface area contributed by atoms with Gasteiger partial charge in [0.05, 0.1) is 18.2 Å². The number of ether oxygens (including phenoxy) is 1. The summed E-state index contributed by atoms with van der Waals surface area (Å²) in [5, 5.41) is 9.06. The highest BCUT2D eigenvalue weighted by molar-refractivity contribution is 5.94. The van der Waals surface area contributed by atoms with Gasteiger partial charge in [-0.3, -0.25) is 0 Å². The Balaban J connectivity index is 2.26. The monoisotopic (exact) mass is 359 g/mol. The van der Waals surface area contributed by atoms with Crippen LogP contribution in [-0.4, -0.2) is 31.2 Å². The molecular weight excluding hydrogens is 330 g/mol. The molecule has 1 aromatic carbocycles. The average Bonchev–Trinajstić information content (AvgIpc) is 2.62. The lowest BCUT2D eigenvalue weighted by molar-refractivity contribution is -0.139. The minimum atomic E-state index is -0.385. The molecule has 0 radical (unpaired) electrons. The van der Waals surface area contributed by atoms with Crippen LogP contribution < -0.4 is 16.0 Å². The molecule has 6 nitrogen and oxygen atoms in total. The number of esters is 1. The van der Waals surface area contributed by atoms with Crippen LogP contribution in [0.1, 0.15) is 45.7 Å². The number of hydrogen-bond donors (Lipinski definition) is 3. The topological polar surface area (TPSA) is 79.5 Å². The van der Waals surface area contributed by atoms with Crippen LogP contribution in [0.3, 0.4) is 0 Å². The Morgan fingerprint density at radius 2 is 1.92 bits per heavy atom. The molecule has 2 amide bonds. The van der Waals surface area contributed by atoms with Crippen molar-refractivity contribution in [3.05, 3.63) is 47.2 Å². The summed E-state index contributed by atoms with van der Waals surface area (Å²) in [6.07, 6.45) is 0.622. The first kappa shape index (κ1) is 20.0. The first-order valence-corrected chi connectivity index (χ1v) is 9.23. The maximum Gasteiger partial charge on any atom is 0.337 e. The highest BCUT2D eigenvalue weighted by Crippen LogP contribution is 2.23. The lowest BCUT2D eigenvalue weighted by atomic mass is 9.95. The van der Waals surface area contributed by atoms with Crippen LogP contribution in [0, 0.1) is 5.92 Å². The summed E-state index contributed by atoms with van der Waals surface area (Å²) in [4.78, 5) is 24.4. The van der Waals surface area contributed by atoms with E-state index in [0.717, 1.165) is 0 Å². The molecule has 0 saturated carbocycles. The van der Waals surface area contributed by atoms with Crippen LogP contribution in [-0.2, 0) is 9.53 Å². The lowest BCUT2D eigenvalue weighted by Gasteiger charge is -2.30. The van der Waals surface area contributed by atoms with Crippen LogP contribution in [0.5, 0.6) is 0 Å². The summed E-state index contributed by atoms with van der Waals surface area (Å²) in [7, 11) is 0. The summed E-state index contributed by atoms with van der Waals surface area (Å²) in [5.41, 5.74) is 2.26. The molecule has 0 aliphatic carbocycles. The molecular formula is C20H29N3O3. The second kappa shape index (κ2) is 9.38. The summed E-state index contributed by atoms with van der Waals surface area (Å²) in [6, 6.07) is 9.64. The van der Waals surface area contributed by atoms with E-state index in [1.54, 1.807) is 6.92 Å². The van der Waals surface area contributed by atoms with Gasteiger partial charge < -0.3 is 20.7 Å². The van der Waals surface area contributed by atoms with Gasteiger partial charge in [0, 0.05) is 18.3 Å². The normalized spacial score (nSPS) is 18.3. The van der Waals surface area contributed by atoms with E-state index in [1.807, 2.05) is 25.1 Å². The first-order valence-electron chi connectivity index (χ1n) is 9.23. The van der Waals surface area contributed by atoms with Crippen molar-refractivity contribution in [3.63, 3.8) is 0 Å². The number of carbonyl (C=O) groups is 2. The van der Waals surface area contributed by atoms with E-state index in [1.165, 1.54) is 5.56 Å². The van der Waals surface area contributed by atoms with Crippen LogP contribution in [0.4, 0.5) is 4.79 Å². The SMILES string of the molecule is CCOC(=O)C1=C(CN[C@@H](c2ccccc2)C(C)C)NC(=O)N[C@@H]1CC. The molecule has 2 rings (SSSR count). The fraction of sp³-hybridized carbons (Fsp3) is 0.500. The Kier molecular flexibility index (Phi) is 7.21. The van der Waals surface area contributed by atoms with E-state index in [4.69, 9.17) is 4.74 Å². The number of carbonyl (C=O) groups excluding carboxylic acids is 2. The van der Waals surface area contributed by atoms with E-state index in [0.29, 0.717) is 36.8 Å². The highest BCUT2D eigenvalue weighted by Gasteiger charge is 2.31. The minimum Gasteiger partial charge on any atom is -0.463 e. The quantitative estimate of drug-likeness (QED) is 0.624. The summed E-state index contributed by atoms with van der Waals surface area (Å²) < 4.78 is 5.20. The van der Waals surface area contributed by atoms with Crippen LogP contribution in [0.25, 0.3) is 0 Å². The molecule has 0 aromatic heterocycles. The molecule has 142 valence electrons. The zero-order valence-electron chi connectivity index (χ0n) is 16.0. The zero-order valence-corrected chi connectivity index (χ0v) is 16.0. The maximum atomic E-state index is 12.4. The Labute approximate surface area is 155 Å². The Hall–Kier alpha value is -2.34. The summed E-state index contributed by atoms with van der Waals surface area (Å²) in [5.74, 6) is -0.0344. The molecule has 0 bridgehead atoms. The molecule has 1 aliphatic heterocycles. The van der Waals surface area contributed by atoms with E-state index in [-0.39, 0.29) is 24.1 Å². The van der Waals surface area contributed by atoms with Gasteiger partial charge in [0.15, 0.2) is 0 Å². The fourth-order valence-electron chi connectivity index (χ4n) is 3.21. The molecule has 1 aromatic rings. The predicted octanol–water partition coefficient (Wildman–Crippen LogP) is 2.88. The number of nitrogens with one attached hydrogen (secondary N) is 3. The van der Waals surface area contributed by atoms with Gasteiger partial charge in [0.25, 0.3) is 0 Å². The second-order valence-electron chi connectivity index (χ2n) is 6.69. The van der Waals surface area contributed by atoms with Crippen molar-refractivity contribution in [2.45, 2.75) is 46.2 Å². The third kappa shape index (κ3) is 4.85. The van der Waals surface area contributed by atoms with Crippen molar-refractivity contribution >= 4 is 12.0 Å². The van der Waals surface area contributed by atoms with E-state index < -0.39 is 0 Å². The molecule has 1 heterocycles. The molecule has 26 heavy (non-hydrogen) atoms. The number of amides is 2. The van der Waals surface area contributed by atoms with Crippen molar-refractivity contribution in [1.82, 2.24) is 16.0 Å². The van der Waals surface area contributed by atoms with Gasteiger partial charge in [-0.25, -0.2) is 9.59 Å². The second-order valence-corrected chi connectivity index (χ2v) is 6.69. The number of benzene rings is 1. The summed E-state index contributed by atoms with van der Waals surface area (Å²) in [6.45, 7) is 8.67. The Bertz CT molecular complexity index is 656. The average molecular weight is 359 g/mol. The molecule has 0 fully saturated rings. The maximum absolute atomic E-state index is 12.4. The highest BCUT2D eigenvalue weighted by atomic mass is 16.5. The number of urea groups is 1. The summed E-state index contributed by atoms with van der Waals surface area (Å²) >= 11 is 0. The van der Waals surface area contributed by atoms with Crippen molar-refractivity contribution < 1.29 is 14.3 Å². The molecule has 1 aliphatic rings. The third-order valence-corrected chi connectivity index (χ3v) is 4.47. The molecule has 0 spiro atoms. The van der Waals surface area contributed by atoms with Gasteiger partial charge in [0.1, 0.15) is 0 Å². The third-order valence-electron chi connectivity index (χ3n) is 4.47. The minimum absolute atomic E-state index is 0.110. The Morgan fingerprint density at radius 3 is 2.50 bits per heavy atom. The van der Waals surface area contributed by atoms with Crippen molar-refractivity contribution in [2.75, 3.05) is 13.2 Å². The molecule has 0 saturated heterocycles. The smallest absolute Gasteiger partial charge is 0.337 e. The molecule has 6 heteroatoms. The Morgan fingerprint density at radius 1 is 1.23 bits per heavy atom. The van der Waals surface area contributed by atoms with Gasteiger partial charge in [0.2, 0.25) is 0 Å². The zero-order chi connectivity index (χ0) is 19.1. The van der Waals surface area contributed by atoms with Gasteiger partial charge in [-0.15, -0.1) is 0 Å². The van der Waals surface area contributed by atoms with Crippen molar-refractivity contribution in [3.8, 4) is 0 Å². The van der Waals surface area contributed by atoms with Crippen molar-refractivity contribution in [2.24, 2.45) is 5.92 Å². The van der Waals surface area contributed by atoms with E-state index in [9.17, 15) is 9.59 Å². The van der Waals surface area contributed by atoms with Gasteiger partial charge >= 0.3 is 12.0 Å². The first-order chi connectivity index (χ1) is 12.5.